The van der Waals surface area contributed by atoms with Crippen molar-refractivity contribution in [3.8, 4) is 0 Å². The van der Waals surface area contributed by atoms with E-state index in [4.69, 9.17) is 0 Å². The normalized spacial score (nSPS) is 26.3. The van der Waals surface area contributed by atoms with Gasteiger partial charge in [-0.25, -0.2) is 9.78 Å². The van der Waals surface area contributed by atoms with Gasteiger partial charge in [-0.15, -0.1) is 0 Å². The summed E-state index contributed by atoms with van der Waals surface area (Å²) in [5.74, 6) is -0.763. The first kappa shape index (κ1) is 22.4. The minimum Gasteiger partial charge on any atom is -0.354 e. The van der Waals surface area contributed by atoms with E-state index in [1.54, 1.807) is 12.1 Å². The highest BCUT2D eigenvalue weighted by Crippen LogP contribution is 2.34. The number of aromatic nitrogens is 1. The van der Waals surface area contributed by atoms with Crippen LogP contribution in [0.25, 0.3) is 5.57 Å². The predicted octanol–water partition coefficient (Wildman–Crippen LogP) is 2.03. The van der Waals surface area contributed by atoms with Crippen LogP contribution in [0.2, 0.25) is 0 Å². The van der Waals surface area contributed by atoms with Gasteiger partial charge in [0.1, 0.15) is 5.69 Å². The third-order valence-electron chi connectivity index (χ3n) is 6.88. The Morgan fingerprint density at radius 2 is 2.12 bits per heavy atom. The second-order valence-corrected chi connectivity index (χ2v) is 8.78. The molecular formula is C23H30FN5O3. The summed E-state index contributed by atoms with van der Waals surface area (Å²) < 4.78 is 14.5. The number of imide groups is 1. The molecule has 3 heterocycles. The molecule has 32 heavy (non-hydrogen) atoms. The molecule has 3 atom stereocenters. The van der Waals surface area contributed by atoms with Crippen LogP contribution in [0.1, 0.15) is 48.7 Å². The molecule has 1 aromatic heterocycles. The molecular weight excluding hydrogens is 413 g/mol. The molecule has 1 saturated heterocycles. The Bertz CT molecular complexity index is 950. The van der Waals surface area contributed by atoms with Crippen LogP contribution in [0.3, 0.4) is 0 Å². The smallest absolute Gasteiger partial charge is 0.324 e. The maximum atomic E-state index is 14.5. The zero-order chi connectivity index (χ0) is 22.8. The van der Waals surface area contributed by atoms with Crippen LogP contribution in [0.4, 0.5) is 9.18 Å². The lowest BCUT2D eigenvalue weighted by Crippen LogP contribution is -2.61. The van der Waals surface area contributed by atoms with Gasteiger partial charge in [-0.2, -0.15) is 4.39 Å². The van der Waals surface area contributed by atoms with Crippen molar-refractivity contribution in [3.63, 3.8) is 0 Å². The maximum Gasteiger partial charge on any atom is 0.324 e. The van der Waals surface area contributed by atoms with E-state index in [0.29, 0.717) is 31.0 Å². The number of nitrogens with zero attached hydrogens (tertiary/aromatic N) is 3. The molecule has 9 heteroatoms. The third kappa shape index (κ3) is 4.39. The number of rotatable bonds is 5. The van der Waals surface area contributed by atoms with E-state index in [-0.39, 0.29) is 29.6 Å². The summed E-state index contributed by atoms with van der Waals surface area (Å²) in [6.07, 6.45) is 5.31. The summed E-state index contributed by atoms with van der Waals surface area (Å²) in [7, 11) is 1.49. The first-order chi connectivity index (χ1) is 15.4. The molecule has 172 valence electrons. The van der Waals surface area contributed by atoms with Crippen LogP contribution in [0.15, 0.2) is 18.2 Å². The third-order valence-corrected chi connectivity index (χ3v) is 6.88. The Morgan fingerprint density at radius 3 is 2.78 bits per heavy atom. The lowest BCUT2D eigenvalue weighted by Gasteiger charge is -2.43. The summed E-state index contributed by atoms with van der Waals surface area (Å²) >= 11 is 0. The predicted molar refractivity (Wildman–Crippen MR) is 117 cm³/mol. The number of amides is 4. The van der Waals surface area contributed by atoms with Crippen molar-refractivity contribution < 1.29 is 18.8 Å². The molecule has 1 saturated carbocycles. The number of halogens is 1. The summed E-state index contributed by atoms with van der Waals surface area (Å²) in [6.45, 7) is 4.64. The van der Waals surface area contributed by atoms with Crippen molar-refractivity contribution in [1.29, 1.82) is 0 Å². The summed E-state index contributed by atoms with van der Waals surface area (Å²) in [5, 5.41) is 5.47. The zero-order valence-electron chi connectivity index (χ0n) is 18.6. The quantitative estimate of drug-likeness (QED) is 0.679. The molecule has 0 radical (unpaired) electrons. The molecule has 1 aromatic rings. The zero-order valence-corrected chi connectivity index (χ0v) is 18.6. The first-order valence-corrected chi connectivity index (χ1v) is 11.3. The molecule has 8 nitrogen and oxygen atoms in total. The minimum atomic E-state index is -0.622. The molecule has 2 fully saturated rings. The minimum absolute atomic E-state index is 0.0386. The van der Waals surface area contributed by atoms with E-state index < -0.39 is 11.9 Å². The molecule has 3 aliphatic rings. The molecule has 3 unspecified atom stereocenters. The SMILES string of the molecule is CCN1C(=O)NC2CC(CN3CC=C(c4ccc(C(=O)NC)nc4F)CC3)CCC2C1=O. The van der Waals surface area contributed by atoms with E-state index in [0.717, 1.165) is 37.9 Å². The lowest BCUT2D eigenvalue weighted by atomic mass is 9.76. The largest absolute Gasteiger partial charge is 0.354 e. The number of hydrogen-bond acceptors (Lipinski definition) is 5. The molecule has 4 amide bonds. The monoisotopic (exact) mass is 443 g/mol. The Morgan fingerprint density at radius 1 is 1.31 bits per heavy atom. The maximum absolute atomic E-state index is 14.5. The van der Waals surface area contributed by atoms with Gasteiger partial charge in [-0.05, 0) is 56.2 Å². The van der Waals surface area contributed by atoms with Gasteiger partial charge in [0.15, 0.2) is 0 Å². The van der Waals surface area contributed by atoms with E-state index >= 15 is 0 Å². The molecule has 4 rings (SSSR count). The highest BCUT2D eigenvalue weighted by molar-refractivity contribution is 5.98. The van der Waals surface area contributed by atoms with Crippen LogP contribution in [0, 0.1) is 17.8 Å². The van der Waals surface area contributed by atoms with Gasteiger partial charge >= 0.3 is 6.03 Å². The summed E-state index contributed by atoms with van der Waals surface area (Å²) in [5.41, 5.74) is 1.42. The second kappa shape index (κ2) is 9.36. The van der Waals surface area contributed by atoms with E-state index in [1.165, 1.54) is 11.9 Å². The highest BCUT2D eigenvalue weighted by atomic mass is 19.1. The molecule has 1 aliphatic carbocycles. The van der Waals surface area contributed by atoms with Crippen LogP contribution >= 0.6 is 0 Å². The van der Waals surface area contributed by atoms with Gasteiger partial charge in [0.2, 0.25) is 11.9 Å². The molecule has 2 aliphatic heterocycles. The van der Waals surface area contributed by atoms with Crippen LogP contribution in [-0.4, -0.2) is 71.9 Å². The first-order valence-electron chi connectivity index (χ1n) is 11.3. The fraction of sp³-hybridized carbons (Fsp3) is 0.565. The highest BCUT2D eigenvalue weighted by Gasteiger charge is 2.43. The van der Waals surface area contributed by atoms with Gasteiger partial charge in [0.05, 0.1) is 5.92 Å². The fourth-order valence-corrected chi connectivity index (χ4v) is 5.13. The van der Waals surface area contributed by atoms with Crippen LogP contribution in [-0.2, 0) is 4.79 Å². The standard InChI is InChI=1S/C23H30FN5O3/c1-3-29-22(31)17-5-4-14(12-19(17)27-23(29)32)13-28-10-8-15(9-11-28)16-6-7-18(21(30)25-2)26-20(16)24/h6-8,14,17,19H,3-5,9-13H2,1-2H3,(H,25,30)(H,27,32). The molecule has 2 N–H and O–H groups in total. The Balaban J connectivity index is 1.34. The van der Waals surface area contributed by atoms with Crippen LogP contribution in [0.5, 0.6) is 0 Å². The Labute approximate surface area is 187 Å². The van der Waals surface area contributed by atoms with E-state index in [9.17, 15) is 18.8 Å². The molecule has 0 aromatic carbocycles. The number of nitrogens with one attached hydrogen (secondary N) is 2. The topological polar surface area (TPSA) is 94.6 Å². The average molecular weight is 444 g/mol. The second-order valence-electron chi connectivity index (χ2n) is 8.78. The number of hydrogen-bond donors (Lipinski definition) is 2. The summed E-state index contributed by atoms with van der Waals surface area (Å²) in [4.78, 5) is 43.8. The molecule has 0 bridgehead atoms. The Kier molecular flexibility index (Phi) is 6.55. The van der Waals surface area contributed by atoms with Crippen LogP contribution < -0.4 is 10.6 Å². The average Bonchev–Trinajstić information content (AvgIpc) is 2.79. The Hall–Kier alpha value is -2.81. The van der Waals surface area contributed by atoms with Crippen molar-refractivity contribution in [2.75, 3.05) is 33.2 Å². The van der Waals surface area contributed by atoms with Crippen molar-refractivity contribution in [2.45, 2.75) is 38.6 Å². The number of carbonyl (C=O) groups is 3. The number of carbonyl (C=O) groups excluding carboxylic acids is 3. The van der Waals surface area contributed by atoms with Crippen molar-refractivity contribution in [2.24, 2.45) is 11.8 Å². The number of fused-ring (bicyclic) bond motifs is 1. The molecule has 0 spiro atoms. The van der Waals surface area contributed by atoms with E-state index in [1.807, 2.05) is 13.0 Å². The number of pyridine rings is 1. The van der Waals surface area contributed by atoms with Crippen molar-refractivity contribution >= 4 is 23.4 Å². The van der Waals surface area contributed by atoms with Gasteiger partial charge in [0, 0.05) is 44.8 Å². The van der Waals surface area contributed by atoms with Crippen molar-refractivity contribution in [3.05, 3.63) is 35.4 Å². The van der Waals surface area contributed by atoms with Gasteiger partial charge in [-0.3, -0.25) is 19.4 Å². The van der Waals surface area contributed by atoms with Crippen molar-refractivity contribution in [1.82, 2.24) is 25.4 Å². The fourth-order valence-electron chi connectivity index (χ4n) is 5.13. The van der Waals surface area contributed by atoms with E-state index in [2.05, 4.69) is 20.5 Å². The van der Waals surface area contributed by atoms with Gasteiger partial charge < -0.3 is 10.6 Å². The van der Waals surface area contributed by atoms with Gasteiger partial charge in [0.25, 0.3) is 5.91 Å². The number of urea groups is 1. The van der Waals surface area contributed by atoms with Gasteiger partial charge in [-0.1, -0.05) is 6.08 Å². The lowest BCUT2D eigenvalue weighted by molar-refractivity contribution is -0.136. The summed E-state index contributed by atoms with van der Waals surface area (Å²) in [6, 6.07) is 2.81.